The van der Waals surface area contributed by atoms with Crippen molar-refractivity contribution in [3.63, 3.8) is 0 Å². The minimum absolute atomic E-state index is 0.177. The molecule has 2 heterocycles. The van der Waals surface area contributed by atoms with Crippen molar-refractivity contribution >= 4 is 0 Å². The lowest BCUT2D eigenvalue weighted by molar-refractivity contribution is 0.0702. The summed E-state index contributed by atoms with van der Waals surface area (Å²) in [6, 6.07) is 15.4. The van der Waals surface area contributed by atoms with Crippen molar-refractivity contribution in [3.8, 4) is 5.69 Å². The molecular weight excluding hydrogens is 351 g/mol. The van der Waals surface area contributed by atoms with Crippen molar-refractivity contribution in [3.05, 3.63) is 83.7 Å². The molecule has 3 aromatic rings. The van der Waals surface area contributed by atoms with Crippen molar-refractivity contribution in [1.82, 2.24) is 9.55 Å². The van der Waals surface area contributed by atoms with Gasteiger partial charge in [-0.1, -0.05) is 30.3 Å². The van der Waals surface area contributed by atoms with E-state index in [0.717, 1.165) is 32.1 Å². The molecular formula is C24H25FN2O. The van der Waals surface area contributed by atoms with Crippen molar-refractivity contribution in [1.29, 1.82) is 0 Å². The fourth-order valence-electron chi connectivity index (χ4n) is 5.18. The summed E-state index contributed by atoms with van der Waals surface area (Å²) in [7, 11) is 0. The predicted molar refractivity (Wildman–Crippen MR) is 107 cm³/mol. The van der Waals surface area contributed by atoms with Crippen molar-refractivity contribution in [2.24, 2.45) is 5.92 Å². The van der Waals surface area contributed by atoms with Crippen molar-refractivity contribution < 1.29 is 9.50 Å². The molecule has 5 rings (SSSR count). The molecule has 1 N–H and O–H groups in total. The zero-order valence-electron chi connectivity index (χ0n) is 15.8. The molecule has 4 heteroatoms. The quantitative estimate of drug-likeness (QED) is 0.681. The number of rotatable bonds is 4. The zero-order chi connectivity index (χ0) is 19.1. The van der Waals surface area contributed by atoms with E-state index < -0.39 is 0 Å². The first-order chi connectivity index (χ1) is 13.7. The average Bonchev–Trinajstić information content (AvgIpc) is 3.32. The highest BCUT2D eigenvalue weighted by atomic mass is 19.1. The zero-order valence-corrected chi connectivity index (χ0v) is 15.8. The van der Waals surface area contributed by atoms with Crippen LogP contribution in [0, 0.1) is 11.7 Å². The van der Waals surface area contributed by atoms with E-state index in [1.165, 1.54) is 22.5 Å². The molecule has 2 aromatic carbocycles. The van der Waals surface area contributed by atoms with Crippen LogP contribution in [0.3, 0.4) is 0 Å². The second kappa shape index (κ2) is 7.17. The van der Waals surface area contributed by atoms with Crippen LogP contribution in [0.2, 0.25) is 0 Å². The molecule has 1 aliphatic heterocycles. The van der Waals surface area contributed by atoms with E-state index in [4.69, 9.17) is 0 Å². The van der Waals surface area contributed by atoms with Gasteiger partial charge in [0.05, 0.1) is 23.8 Å². The third-order valence-corrected chi connectivity index (χ3v) is 6.73. The highest BCUT2D eigenvalue weighted by Crippen LogP contribution is 2.43. The number of hydrogen-bond acceptors (Lipinski definition) is 2. The first-order valence-electron chi connectivity index (χ1n) is 10.3. The molecule has 0 spiro atoms. The third-order valence-electron chi connectivity index (χ3n) is 6.73. The Morgan fingerprint density at radius 1 is 1.04 bits per heavy atom. The van der Waals surface area contributed by atoms with Crippen LogP contribution in [-0.2, 0) is 0 Å². The first-order valence-corrected chi connectivity index (χ1v) is 10.3. The number of halogens is 1. The Morgan fingerprint density at radius 2 is 1.79 bits per heavy atom. The molecule has 1 fully saturated rings. The minimum atomic E-state index is -0.311. The van der Waals surface area contributed by atoms with Crippen LogP contribution in [0.25, 0.3) is 5.69 Å². The number of aliphatic hydroxyl groups is 1. The molecule has 0 saturated heterocycles. The SMILES string of the molecule is OC(CC1c2ccccc2-n2cncc21)C1CCC(c2ccc(F)cc2)CC1. The average molecular weight is 376 g/mol. The molecule has 0 bridgehead atoms. The Kier molecular flexibility index (Phi) is 4.52. The predicted octanol–water partition coefficient (Wildman–Crippen LogP) is 5.18. The van der Waals surface area contributed by atoms with Gasteiger partial charge in [-0.3, -0.25) is 0 Å². The maximum absolute atomic E-state index is 13.2. The molecule has 0 radical (unpaired) electrons. The Morgan fingerprint density at radius 3 is 2.57 bits per heavy atom. The molecule has 1 saturated carbocycles. The van der Waals surface area contributed by atoms with Gasteiger partial charge in [-0.05, 0) is 73.3 Å². The van der Waals surface area contributed by atoms with E-state index in [1.807, 2.05) is 24.7 Å². The summed E-state index contributed by atoms with van der Waals surface area (Å²) in [6.45, 7) is 0. The number of fused-ring (bicyclic) bond motifs is 3. The standard InChI is InChI=1S/C24H25FN2O/c25-19-11-9-17(10-12-19)16-5-7-18(8-6-16)24(28)13-21-20-3-1-2-4-22(20)27-15-26-14-23(21)27/h1-4,9-12,14-16,18,21,24,28H,5-8,13H2. The molecule has 1 aliphatic carbocycles. The molecule has 28 heavy (non-hydrogen) atoms. The van der Waals surface area contributed by atoms with Crippen molar-refractivity contribution in [2.75, 3.05) is 0 Å². The van der Waals surface area contributed by atoms with E-state index in [-0.39, 0.29) is 17.8 Å². The van der Waals surface area contributed by atoms with Crippen LogP contribution >= 0.6 is 0 Å². The second-order valence-electron chi connectivity index (χ2n) is 8.27. The Bertz CT molecular complexity index is 957. The van der Waals surface area contributed by atoms with E-state index in [1.54, 1.807) is 12.1 Å². The number of imidazole rings is 1. The van der Waals surface area contributed by atoms with E-state index in [0.29, 0.717) is 11.8 Å². The van der Waals surface area contributed by atoms with Gasteiger partial charge >= 0.3 is 0 Å². The van der Waals surface area contributed by atoms with Gasteiger partial charge in [0.1, 0.15) is 5.82 Å². The maximum Gasteiger partial charge on any atom is 0.123 e. The lowest BCUT2D eigenvalue weighted by atomic mass is 9.75. The lowest BCUT2D eigenvalue weighted by Crippen LogP contribution is -2.27. The van der Waals surface area contributed by atoms with E-state index >= 15 is 0 Å². The summed E-state index contributed by atoms with van der Waals surface area (Å²) in [5, 5.41) is 11.0. The Labute approximate surface area is 164 Å². The highest BCUT2D eigenvalue weighted by Gasteiger charge is 2.34. The summed E-state index contributed by atoms with van der Waals surface area (Å²) >= 11 is 0. The molecule has 3 nitrogen and oxygen atoms in total. The number of aliphatic hydroxyl groups excluding tert-OH is 1. The summed E-state index contributed by atoms with van der Waals surface area (Å²) in [5.41, 5.74) is 4.88. The smallest absolute Gasteiger partial charge is 0.123 e. The van der Waals surface area contributed by atoms with Gasteiger partial charge < -0.3 is 9.67 Å². The number of hydrogen-bond donors (Lipinski definition) is 1. The summed E-state index contributed by atoms with van der Waals surface area (Å²) in [6.07, 6.45) is 8.41. The van der Waals surface area contributed by atoms with Gasteiger partial charge in [0.15, 0.2) is 0 Å². The van der Waals surface area contributed by atoms with E-state index in [9.17, 15) is 9.50 Å². The first kappa shape index (κ1) is 17.6. The van der Waals surface area contributed by atoms with E-state index in [2.05, 4.69) is 33.8 Å². The van der Waals surface area contributed by atoms with Crippen LogP contribution in [0.5, 0.6) is 0 Å². The largest absolute Gasteiger partial charge is 0.393 e. The minimum Gasteiger partial charge on any atom is -0.393 e. The maximum atomic E-state index is 13.2. The summed E-state index contributed by atoms with van der Waals surface area (Å²) in [4.78, 5) is 4.32. The number of aromatic nitrogens is 2. The van der Waals surface area contributed by atoms with Crippen LogP contribution in [0.1, 0.15) is 60.8 Å². The van der Waals surface area contributed by atoms with Crippen LogP contribution in [0.4, 0.5) is 4.39 Å². The number of benzene rings is 2. The van der Waals surface area contributed by atoms with Gasteiger partial charge in [0.2, 0.25) is 0 Å². The monoisotopic (exact) mass is 376 g/mol. The molecule has 2 atom stereocenters. The molecule has 2 aliphatic rings. The number of para-hydroxylation sites is 1. The lowest BCUT2D eigenvalue weighted by Gasteiger charge is -2.32. The van der Waals surface area contributed by atoms with Gasteiger partial charge in [-0.2, -0.15) is 0 Å². The molecule has 1 aromatic heterocycles. The van der Waals surface area contributed by atoms with Gasteiger partial charge in [-0.15, -0.1) is 0 Å². The third kappa shape index (κ3) is 3.06. The second-order valence-corrected chi connectivity index (χ2v) is 8.27. The summed E-state index contributed by atoms with van der Waals surface area (Å²) in [5.74, 6) is 0.853. The fraction of sp³-hybridized carbons (Fsp3) is 0.375. The Balaban J connectivity index is 1.26. The number of nitrogens with zero attached hydrogens (tertiary/aromatic N) is 2. The van der Waals surface area contributed by atoms with Crippen LogP contribution in [0.15, 0.2) is 61.1 Å². The van der Waals surface area contributed by atoms with Crippen LogP contribution in [-0.4, -0.2) is 20.8 Å². The highest BCUT2D eigenvalue weighted by molar-refractivity contribution is 5.53. The molecule has 0 amide bonds. The van der Waals surface area contributed by atoms with Crippen LogP contribution < -0.4 is 0 Å². The van der Waals surface area contributed by atoms with Crippen molar-refractivity contribution in [2.45, 2.75) is 50.0 Å². The fourth-order valence-corrected chi connectivity index (χ4v) is 5.18. The topological polar surface area (TPSA) is 38.0 Å². The molecule has 2 unspecified atom stereocenters. The van der Waals surface area contributed by atoms with Gasteiger partial charge in [0.25, 0.3) is 0 Å². The Hall–Kier alpha value is -2.46. The van der Waals surface area contributed by atoms with Gasteiger partial charge in [0, 0.05) is 12.1 Å². The normalized spacial score (nSPS) is 24.6. The van der Waals surface area contributed by atoms with Gasteiger partial charge in [-0.25, -0.2) is 9.37 Å². The molecule has 144 valence electrons. The summed E-state index contributed by atoms with van der Waals surface area (Å²) < 4.78 is 15.3.